The van der Waals surface area contributed by atoms with Crippen molar-refractivity contribution in [2.24, 2.45) is 5.73 Å². The number of hydrogen-bond acceptors (Lipinski definition) is 7. The van der Waals surface area contributed by atoms with Gasteiger partial charge < -0.3 is 20.5 Å². The van der Waals surface area contributed by atoms with Crippen molar-refractivity contribution in [2.75, 3.05) is 19.5 Å². The third-order valence-corrected chi connectivity index (χ3v) is 4.53. The zero-order valence-electron chi connectivity index (χ0n) is 15.1. The summed E-state index contributed by atoms with van der Waals surface area (Å²) in [5, 5.41) is 3.03. The Kier molecular flexibility index (Phi) is 6.80. The number of esters is 1. The van der Waals surface area contributed by atoms with Crippen molar-refractivity contribution in [2.45, 2.75) is 25.9 Å². The Balaban J connectivity index is 2.68. The van der Waals surface area contributed by atoms with E-state index >= 15 is 0 Å². The molecule has 1 heterocycles. The van der Waals surface area contributed by atoms with E-state index in [9.17, 15) is 9.18 Å². The first-order chi connectivity index (χ1) is 12.7. The molecule has 0 aliphatic heterocycles. The number of benzene rings is 1. The molecular formula is C17H19Cl2FN4O3. The number of nitrogens with zero attached hydrogens (tertiary/aromatic N) is 2. The van der Waals surface area contributed by atoms with Crippen LogP contribution >= 0.6 is 23.2 Å². The summed E-state index contributed by atoms with van der Waals surface area (Å²) in [6.07, 6.45) is 0. The zero-order chi connectivity index (χ0) is 20.3. The Morgan fingerprint density at radius 1 is 1.26 bits per heavy atom. The monoisotopic (exact) mass is 416 g/mol. The molecule has 0 aliphatic carbocycles. The topological polar surface area (TPSA) is 99.4 Å². The van der Waals surface area contributed by atoms with Crippen LogP contribution in [0, 0.1) is 5.82 Å². The number of methoxy groups -OCH3 is 2. The predicted molar refractivity (Wildman–Crippen MR) is 102 cm³/mol. The van der Waals surface area contributed by atoms with Gasteiger partial charge in [0.15, 0.2) is 23.1 Å². The molecule has 0 saturated heterocycles. The maximum atomic E-state index is 14.8. The summed E-state index contributed by atoms with van der Waals surface area (Å²) >= 11 is 12.2. The van der Waals surface area contributed by atoms with E-state index in [1.807, 2.05) is 6.92 Å². The lowest BCUT2D eigenvalue weighted by Gasteiger charge is -2.20. The minimum Gasteiger partial charge on any atom is -0.492 e. The summed E-state index contributed by atoms with van der Waals surface area (Å²) < 4.78 is 24.5. The first kappa shape index (κ1) is 21.1. The highest BCUT2D eigenvalue weighted by Gasteiger charge is 2.24. The highest BCUT2D eigenvalue weighted by molar-refractivity contribution is 6.35. The minimum absolute atomic E-state index is 0.0189. The van der Waals surface area contributed by atoms with Gasteiger partial charge >= 0.3 is 5.97 Å². The van der Waals surface area contributed by atoms with E-state index in [0.29, 0.717) is 0 Å². The second-order valence-corrected chi connectivity index (χ2v) is 6.57. The number of anilines is 1. The fraction of sp³-hybridized carbons (Fsp3) is 0.353. The van der Waals surface area contributed by atoms with Crippen LogP contribution in [0.25, 0.3) is 11.4 Å². The Morgan fingerprint density at radius 3 is 2.48 bits per heavy atom. The fourth-order valence-electron chi connectivity index (χ4n) is 2.13. The average molecular weight is 417 g/mol. The average Bonchev–Trinajstić information content (AvgIpc) is 2.63. The number of nitrogens with two attached hydrogens (primary N) is 1. The van der Waals surface area contributed by atoms with E-state index < -0.39 is 11.8 Å². The van der Waals surface area contributed by atoms with Gasteiger partial charge in [-0.3, -0.25) is 0 Å². The molecule has 27 heavy (non-hydrogen) atoms. The molecule has 0 fully saturated rings. The van der Waals surface area contributed by atoms with Crippen molar-refractivity contribution < 1.29 is 18.7 Å². The molecule has 3 N–H and O–H groups in total. The fourth-order valence-corrected chi connectivity index (χ4v) is 2.57. The summed E-state index contributed by atoms with van der Waals surface area (Å²) in [5.41, 5.74) is 5.62. The van der Waals surface area contributed by atoms with Crippen molar-refractivity contribution in [3.8, 4) is 17.1 Å². The first-order valence-electron chi connectivity index (χ1n) is 7.91. The third kappa shape index (κ3) is 4.40. The molecule has 1 aromatic carbocycles. The number of carbonyl (C=O) groups excluding carboxylic acids is 1. The van der Waals surface area contributed by atoms with Gasteiger partial charge in [0, 0.05) is 12.1 Å². The lowest BCUT2D eigenvalue weighted by atomic mass is 10.1. The van der Waals surface area contributed by atoms with Crippen molar-refractivity contribution in [1.82, 2.24) is 9.97 Å². The molecule has 0 bridgehead atoms. The van der Waals surface area contributed by atoms with Crippen LogP contribution in [0.1, 0.15) is 24.3 Å². The van der Waals surface area contributed by atoms with Gasteiger partial charge in [-0.25, -0.2) is 19.2 Å². The second kappa shape index (κ2) is 8.69. The maximum Gasteiger partial charge on any atom is 0.358 e. The van der Waals surface area contributed by atoms with Crippen molar-refractivity contribution in [3.63, 3.8) is 0 Å². The minimum atomic E-state index is -0.790. The number of nitrogens with one attached hydrogen (secondary N) is 1. The van der Waals surface area contributed by atoms with Gasteiger partial charge in [0.2, 0.25) is 0 Å². The van der Waals surface area contributed by atoms with Gasteiger partial charge in [-0.15, -0.1) is 0 Å². The van der Waals surface area contributed by atoms with Crippen LogP contribution in [-0.4, -0.2) is 42.2 Å². The number of aromatic nitrogens is 2. The lowest BCUT2D eigenvalue weighted by molar-refractivity contribution is 0.0594. The first-order valence-corrected chi connectivity index (χ1v) is 8.67. The molecule has 0 aliphatic rings. The Labute approximate surface area is 166 Å². The zero-order valence-corrected chi connectivity index (χ0v) is 16.7. The molecule has 1 aromatic heterocycles. The standard InChI is InChI=1S/C17H19Cl2FN4O3/c1-7(21)8(2)22-16-11(19)13(17(25)27-4)23-15(24-16)9-5-6-10(18)14(26-3)12(9)20/h5-8H,21H2,1-4H3,(H,22,23,24). The highest BCUT2D eigenvalue weighted by Crippen LogP contribution is 2.35. The Morgan fingerprint density at radius 2 is 1.93 bits per heavy atom. The molecule has 2 atom stereocenters. The largest absolute Gasteiger partial charge is 0.492 e. The van der Waals surface area contributed by atoms with Crippen LogP contribution < -0.4 is 15.8 Å². The van der Waals surface area contributed by atoms with Crippen molar-refractivity contribution >= 4 is 35.0 Å². The van der Waals surface area contributed by atoms with Crippen LogP contribution in [0.2, 0.25) is 10.0 Å². The maximum absolute atomic E-state index is 14.8. The van der Waals surface area contributed by atoms with Gasteiger partial charge in [-0.1, -0.05) is 23.2 Å². The van der Waals surface area contributed by atoms with E-state index in [4.69, 9.17) is 38.4 Å². The van der Waals surface area contributed by atoms with Gasteiger partial charge in [-0.05, 0) is 26.0 Å². The van der Waals surface area contributed by atoms with Gasteiger partial charge in [0.25, 0.3) is 0 Å². The molecule has 146 valence electrons. The Bertz CT molecular complexity index is 865. The summed E-state index contributed by atoms with van der Waals surface area (Å²) in [6, 6.07) is 2.34. The van der Waals surface area contributed by atoms with E-state index in [2.05, 4.69) is 15.3 Å². The normalized spacial score (nSPS) is 13.0. The summed E-state index contributed by atoms with van der Waals surface area (Å²) in [6.45, 7) is 3.60. The van der Waals surface area contributed by atoms with Gasteiger partial charge in [0.05, 0.1) is 24.8 Å². The summed E-state index contributed by atoms with van der Waals surface area (Å²) in [4.78, 5) is 20.4. The van der Waals surface area contributed by atoms with Crippen LogP contribution in [0.15, 0.2) is 12.1 Å². The molecule has 2 aromatic rings. The van der Waals surface area contributed by atoms with E-state index in [1.54, 1.807) is 6.92 Å². The SMILES string of the molecule is COC(=O)c1nc(-c2ccc(Cl)c(OC)c2F)nc(NC(C)C(C)N)c1Cl. The third-order valence-electron chi connectivity index (χ3n) is 3.88. The van der Waals surface area contributed by atoms with Crippen molar-refractivity contribution in [1.29, 1.82) is 0 Å². The summed E-state index contributed by atoms with van der Waals surface area (Å²) in [7, 11) is 2.47. The molecule has 2 unspecified atom stereocenters. The summed E-state index contributed by atoms with van der Waals surface area (Å²) in [5.74, 6) is -1.69. The highest BCUT2D eigenvalue weighted by atomic mass is 35.5. The Hall–Kier alpha value is -2.16. The quantitative estimate of drug-likeness (QED) is 0.694. The lowest BCUT2D eigenvalue weighted by Crippen LogP contribution is -2.35. The van der Waals surface area contributed by atoms with Crippen LogP contribution in [0.3, 0.4) is 0 Å². The van der Waals surface area contributed by atoms with Crippen molar-refractivity contribution in [3.05, 3.63) is 33.7 Å². The molecule has 0 spiro atoms. The van der Waals surface area contributed by atoms with Crippen LogP contribution in [0.5, 0.6) is 5.75 Å². The number of rotatable bonds is 6. The molecule has 7 nitrogen and oxygen atoms in total. The number of halogens is 3. The van der Waals surface area contributed by atoms with Gasteiger partial charge in [-0.2, -0.15) is 0 Å². The predicted octanol–water partition coefficient (Wildman–Crippen LogP) is 3.53. The van der Waals surface area contributed by atoms with Crippen LogP contribution in [0.4, 0.5) is 10.2 Å². The molecule has 0 saturated carbocycles. The molecule has 2 rings (SSSR count). The van der Waals surface area contributed by atoms with E-state index in [-0.39, 0.29) is 50.8 Å². The van der Waals surface area contributed by atoms with Crippen LogP contribution in [-0.2, 0) is 4.74 Å². The molecular weight excluding hydrogens is 398 g/mol. The number of ether oxygens (including phenoxy) is 2. The smallest absolute Gasteiger partial charge is 0.358 e. The molecule has 10 heteroatoms. The second-order valence-electron chi connectivity index (χ2n) is 5.78. The number of hydrogen-bond donors (Lipinski definition) is 2. The molecule has 0 amide bonds. The molecule has 0 radical (unpaired) electrons. The van der Waals surface area contributed by atoms with Gasteiger partial charge in [0.1, 0.15) is 10.8 Å². The van der Waals surface area contributed by atoms with E-state index in [0.717, 1.165) is 0 Å². The number of carbonyl (C=O) groups is 1. The van der Waals surface area contributed by atoms with E-state index in [1.165, 1.54) is 26.4 Å².